The second kappa shape index (κ2) is 5.38. The largest absolute Gasteiger partial charge is 0.386 e. The second-order valence-electron chi connectivity index (χ2n) is 3.71. The van der Waals surface area contributed by atoms with Crippen LogP contribution in [-0.4, -0.2) is 10.1 Å². The van der Waals surface area contributed by atoms with Crippen molar-refractivity contribution in [2.24, 2.45) is 0 Å². The average Bonchev–Trinajstić information content (AvgIpc) is 2.35. The van der Waals surface area contributed by atoms with E-state index in [0.29, 0.717) is 12.1 Å². The molecule has 0 aliphatic rings. The summed E-state index contributed by atoms with van der Waals surface area (Å²) in [7, 11) is 0. The van der Waals surface area contributed by atoms with Crippen LogP contribution in [0.3, 0.4) is 0 Å². The highest BCUT2D eigenvalue weighted by molar-refractivity contribution is 9.10. The summed E-state index contributed by atoms with van der Waals surface area (Å²) in [5, 5.41) is 9.98. The van der Waals surface area contributed by atoms with Crippen LogP contribution in [0.15, 0.2) is 47.1 Å². The predicted molar refractivity (Wildman–Crippen MR) is 67.0 cm³/mol. The molecular formula is C13H11BrFNO. The number of pyridine rings is 1. The quantitative estimate of drug-likeness (QED) is 0.943. The molecule has 4 heteroatoms. The van der Waals surface area contributed by atoms with E-state index in [-0.39, 0.29) is 5.82 Å². The number of rotatable bonds is 3. The van der Waals surface area contributed by atoms with Gasteiger partial charge in [0.2, 0.25) is 0 Å². The van der Waals surface area contributed by atoms with Gasteiger partial charge < -0.3 is 5.11 Å². The second-order valence-corrected chi connectivity index (χ2v) is 4.56. The Labute approximate surface area is 107 Å². The van der Waals surface area contributed by atoms with Gasteiger partial charge in [0.15, 0.2) is 0 Å². The molecule has 2 nitrogen and oxygen atoms in total. The molecule has 0 radical (unpaired) electrons. The number of aromatic nitrogens is 1. The molecule has 1 heterocycles. The Morgan fingerprint density at radius 2 is 2.12 bits per heavy atom. The van der Waals surface area contributed by atoms with E-state index in [1.54, 1.807) is 24.4 Å². The monoisotopic (exact) mass is 295 g/mol. The van der Waals surface area contributed by atoms with Gasteiger partial charge in [0.25, 0.3) is 0 Å². The van der Waals surface area contributed by atoms with E-state index in [9.17, 15) is 9.50 Å². The van der Waals surface area contributed by atoms with Crippen molar-refractivity contribution in [1.29, 1.82) is 0 Å². The Kier molecular flexibility index (Phi) is 3.86. The molecule has 1 aromatic heterocycles. The van der Waals surface area contributed by atoms with E-state index in [1.165, 1.54) is 12.1 Å². The summed E-state index contributed by atoms with van der Waals surface area (Å²) in [6.07, 6.45) is 1.23. The maximum absolute atomic E-state index is 13.1. The van der Waals surface area contributed by atoms with Crippen LogP contribution in [0.25, 0.3) is 0 Å². The van der Waals surface area contributed by atoms with E-state index in [0.717, 1.165) is 10.0 Å². The third kappa shape index (κ3) is 3.11. The van der Waals surface area contributed by atoms with Crippen molar-refractivity contribution in [3.8, 4) is 0 Å². The number of hydrogen-bond acceptors (Lipinski definition) is 2. The van der Waals surface area contributed by atoms with Crippen molar-refractivity contribution in [1.82, 2.24) is 4.98 Å². The molecule has 1 N–H and O–H groups in total. The molecule has 0 saturated carbocycles. The maximum Gasteiger partial charge on any atom is 0.123 e. The third-order valence-corrected chi connectivity index (χ3v) is 3.22. The summed E-state index contributed by atoms with van der Waals surface area (Å²) >= 11 is 3.33. The number of aliphatic hydroxyl groups is 1. The molecule has 2 aromatic rings. The van der Waals surface area contributed by atoms with E-state index in [1.807, 2.05) is 6.07 Å². The van der Waals surface area contributed by atoms with Crippen LogP contribution in [0.5, 0.6) is 0 Å². The molecule has 0 amide bonds. The Morgan fingerprint density at radius 1 is 1.29 bits per heavy atom. The van der Waals surface area contributed by atoms with Gasteiger partial charge in [-0.1, -0.05) is 22.0 Å². The summed E-state index contributed by atoms with van der Waals surface area (Å²) in [5.74, 6) is -0.309. The highest BCUT2D eigenvalue weighted by atomic mass is 79.9. The van der Waals surface area contributed by atoms with Crippen molar-refractivity contribution in [2.45, 2.75) is 12.5 Å². The molecule has 0 aliphatic heterocycles. The van der Waals surface area contributed by atoms with Crippen LogP contribution in [0.2, 0.25) is 0 Å². The minimum absolute atomic E-state index is 0.309. The Hall–Kier alpha value is -1.26. The fraction of sp³-hybridized carbons (Fsp3) is 0.154. The molecule has 0 bridgehead atoms. The topological polar surface area (TPSA) is 33.1 Å². The summed E-state index contributed by atoms with van der Waals surface area (Å²) in [4.78, 5) is 4.07. The lowest BCUT2D eigenvalue weighted by atomic mass is 10.1. The standard InChI is InChI=1S/C13H11BrFNO/c14-11-5-4-10(15)7-9(11)8-13(17)12-3-1-2-6-16-12/h1-7,13,17H,8H2. The highest BCUT2D eigenvalue weighted by Crippen LogP contribution is 2.23. The van der Waals surface area contributed by atoms with E-state index >= 15 is 0 Å². The van der Waals surface area contributed by atoms with Gasteiger partial charge in [-0.3, -0.25) is 4.98 Å². The van der Waals surface area contributed by atoms with Crippen LogP contribution in [0.1, 0.15) is 17.4 Å². The van der Waals surface area contributed by atoms with Gasteiger partial charge in [-0.15, -0.1) is 0 Å². The minimum Gasteiger partial charge on any atom is -0.386 e. The lowest BCUT2D eigenvalue weighted by Crippen LogP contribution is -2.04. The van der Waals surface area contributed by atoms with E-state index < -0.39 is 6.10 Å². The number of benzene rings is 1. The molecule has 0 spiro atoms. The Bertz CT molecular complexity index is 504. The van der Waals surface area contributed by atoms with Crippen molar-refractivity contribution < 1.29 is 9.50 Å². The fourth-order valence-corrected chi connectivity index (χ4v) is 1.99. The zero-order chi connectivity index (χ0) is 12.3. The van der Waals surface area contributed by atoms with Gasteiger partial charge in [-0.05, 0) is 35.9 Å². The molecule has 1 aromatic carbocycles. The number of halogens is 2. The lowest BCUT2D eigenvalue weighted by molar-refractivity contribution is 0.173. The number of aliphatic hydroxyl groups excluding tert-OH is 1. The zero-order valence-electron chi connectivity index (χ0n) is 8.98. The first-order chi connectivity index (χ1) is 8.16. The van der Waals surface area contributed by atoms with Crippen LogP contribution in [0.4, 0.5) is 4.39 Å². The summed E-state index contributed by atoms with van der Waals surface area (Å²) in [6, 6.07) is 9.77. The highest BCUT2D eigenvalue weighted by Gasteiger charge is 2.12. The minimum atomic E-state index is -0.728. The maximum atomic E-state index is 13.1. The van der Waals surface area contributed by atoms with Gasteiger partial charge >= 0.3 is 0 Å². The van der Waals surface area contributed by atoms with Crippen molar-refractivity contribution >= 4 is 15.9 Å². The molecule has 2 rings (SSSR count). The average molecular weight is 296 g/mol. The first kappa shape index (κ1) is 12.2. The SMILES string of the molecule is OC(Cc1cc(F)ccc1Br)c1ccccn1. The number of nitrogens with zero attached hydrogens (tertiary/aromatic N) is 1. The van der Waals surface area contributed by atoms with Crippen molar-refractivity contribution in [3.63, 3.8) is 0 Å². The van der Waals surface area contributed by atoms with Crippen LogP contribution in [0, 0.1) is 5.82 Å². The number of hydrogen-bond donors (Lipinski definition) is 1. The molecule has 1 atom stereocenters. The zero-order valence-corrected chi connectivity index (χ0v) is 10.6. The van der Waals surface area contributed by atoms with Crippen molar-refractivity contribution in [2.75, 3.05) is 0 Å². The molecule has 88 valence electrons. The Morgan fingerprint density at radius 3 is 2.82 bits per heavy atom. The van der Waals surface area contributed by atoms with Gasteiger partial charge in [0, 0.05) is 17.1 Å². The van der Waals surface area contributed by atoms with Crippen LogP contribution in [-0.2, 0) is 6.42 Å². The fourth-order valence-electron chi connectivity index (χ4n) is 1.59. The molecule has 17 heavy (non-hydrogen) atoms. The van der Waals surface area contributed by atoms with Gasteiger partial charge in [-0.25, -0.2) is 4.39 Å². The normalized spacial score (nSPS) is 12.4. The van der Waals surface area contributed by atoms with Gasteiger partial charge in [-0.2, -0.15) is 0 Å². The molecule has 0 fully saturated rings. The Balaban J connectivity index is 2.18. The first-order valence-corrected chi connectivity index (χ1v) is 5.99. The van der Waals surface area contributed by atoms with Gasteiger partial charge in [0.05, 0.1) is 11.8 Å². The van der Waals surface area contributed by atoms with E-state index in [4.69, 9.17) is 0 Å². The lowest BCUT2D eigenvalue weighted by Gasteiger charge is -2.11. The van der Waals surface area contributed by atoms with Crippen molar-refractivity contribution in [3.05, 3.63) is 64.1 Å². The third-order valence-electron chi connectivity index (χ3n) is 2.45. The summed E-state index contributed by atoms with van der Waals surface area (Å²) < 4.78 is 13.9. The summed E-state index contributed by atoms with van der Waals surface area (Å²) in [6.45, 7) is 0. The van der Waals surface area contributed by atoms with Gasteiger partial charge in [0.1, 0.15) is 5.82 Å². The summed E-state index contributed by atoms with van der Waals surface area (Å²) in [5.41, 5.74) is 1.31. The molecule has 1 unspecified atom stereocenters. The predicted octanol–water partition coefficient (Wildman–Crippen LogP) is 3.26. The van der Waals surface area contributed by atoms with Crippen LogP contribution < -0.4 is 0 Å². The van der Waals surface area contributed by atoms with Crippen LogP contribution >= 0.6 is 15.9 Å². The smallest absolute Gasteiger partial charge is 0.123 e. The molecule has 0 saturated heterocycles. The molecule has 0 aliphatic carbocycles. The molecular weight excluding hydrogens is 285 g/mol. The van der Waals surface area contributed by atoms with E-state index in [2.05, 4.69) is 20.9 Å². The first-order valence-electron chi connectivity index (χ1n) is 5.20.